The molecule has 0 spiro atoms. The summed E-state index contributed by atoms with van der Waals surface area (Å²) >= 11 is 0. The van der Waals surface area contributed by atoms with E-state index in [-0.39, 0.29) is 0 Å². The van der Waals surface area contributed by atoms with Crippen LogP contribution in [0.5, 0.6) is 0 Å². The fourth-order valence-electron chi connectivity index (χ4n) is 2.98. The Bertz CT molecular complexity index is 421. The van der Waals surface area contributed by atoms with Crippen molar-refractivity contribution in [3.63, 3.8) is 0 Å². The highest BCUT2D eigenvalue weighted by Gasteiger charge is 2.27. The topological polar surface area (TPSA) is 52.7 Å². The lowest BCUT2D eigenvalue weighted by Gasteiger charge is -2.40. The fraction of sp³-hybridized carbons (Fsp3) is 0.647. The lowest BCUT2D eigenvalue weighted by Crippen LogP contribution is -2.47. The molecule has 0 bridgehead atoms. The van der Waals surface area contributed by atoms with Crippen molar-refractivity contribution in [1.29, 1.82) is 0 Å². The first-order valence-corrected chi connectivity index (χ1v) is 7.92. The van der Waals surface area contributed by atoms with Crippen molar-refractivity contribution in [2.75, 3.05) is 39.8 Å². The molecular weight excluding hydrogens is 262 g/mol. The van der Waals surface area contributed by atoms with Gasteiger partial charge in [-0.3, -0.25) is 4.90 Å². The van der Waals surface area contributed by atoms with Crippen LogP contribution in [-0.2, 0) is 0 Å². The molecule has 0 radical (unpaired) electrons. The minimum Gasteiger partial charge on any atom is -0.389 e. The molecule has 2 atom stereocenters. The van der Waals surface area contributed by atoms with Crippen LogP contribution in [0.4, 0.5) is 0 Å². The van der Waals surface area contributed by atoms with Gasteiger partial charge in [-0.2, -0.15) is 0 Å². The first-order valence-electron chi connectivity index (χ1n) is 7.92. The number of likely N-dealkylation sites (N-methyl/N-ethyl adjacent to an activating group) is 1. The van der Waals surface area contributed by atoms with Crippen molar-refractivity contribution in [3.8, 4) is 0 Å². The first kappa shape index (κ1) is 16.4. The number of nitrogens with two attached hydrogens (primary N) is 1. The summed E-state index contributed by atoms with van der Waals surface area (Å²) in [6.07, 6.45) is 1.74. The number of piperazine rings is 1. The Kier molecular flexibility index (Phi) is 5.76. The van der Waals surface area contributed by atoms with E-state index >= 15 is 0 Å². The van der Waals surface area contributed by atoms with Crippen LogP contribution < -0.4 is 5.73 Å². The number of hydrogen-bond acceptors (Lipinski definition) is 4. The van der Waals surface area contributed by atoms with E-state index in [1.165, 1.54) is 5.56 Å². The Balaban J connectivity index is 1.96. The van der Waals surface area contributed by atoms with E-state index in [1.54, 1.807) is 0 Å². The van der Waals surface area contributed by atoms with E-state index < -0.39 is 5.60 Å². The van der Waals surface area contributed by atoms with Crippen LogP contribution in [0.15, 0.2) is 30.3 Å². The zero-order valence-corrected chi connectivity index (χ0v) is 13.3. The van der Waals surface area contributed by atoms with Gasteiger partial charge in [0.2, 0.25) is 0 Å². The zero-order valence-electron chi connectivity index (χ0n) is 13.3. The number of nitrogens with zero attached hydrogens (tertiary/aromatic N) is 2. The predicted octanol–water partition coefficient (Wildman–Crippen LogP) is 1.47. The van der Waals surface area contributed by atoms with Gasteiger partial charge in [-0.25, -0.2) is 0 Å². The minimum absolute atomic E-state index is 0.331. The Morgan fingerprint density at radius 2 is 2.00 bits per heavy atom. The Morgan fingerprint density at radius 1 is 1.29 bits per heavy atom. The molecule has 0 aromatic heterocycles. The van der Waals surface area contributed by atoms with Gasteiger partial charge in [-0.05, 0) is 38.9 Å². The molecule has 1 heterocycles. The summed E-state index contributed by atoms with van der Waals surface area (Å²) < 4.78 is 0. The summed E-state index contributed by atoms with van der Waals surface area (Å²) in [5.41, 5.74) is 6.25. The molecule has 2 rings (SSSR count). The summed E-state index contributed by atoms with van der Waals surface area (Å²) in [6.45, 7) is 6.43. The van der Waals surface area contributed by atoms with E-state index in [1.807, 2.05) is 6.92 Å². The Labute approximate surface area is 128 Å². The fourth-order valence-corrected chi connectivity index (χ4v) is 2.98. The molecule has 0 aliphatic carbocycles. The molecule has 4 nitrogen and oxygen atoms in total. The van der Waals surface area contributed by atoms with Gasteiger partial charge < -0.3 is 15.7 Å². The molecular formula is C17H29N3O. The molecule has 1 aliphatic heterocycles. The number of aliphatic hydroxyl groups is 1. The molecule has 3 N–H and O–H groups in total. The second kappa shape index (κ2) is 7.36. The summed E-state index contributed by atoms with van der Waals surface area (Å²) in [5, 5.41) is 10.0. The quantitative estimate of drug-likeness (QED) is 0.833. The minimum atomic E-state index is -0.727. The van der Waals surface area contributed by atoms with Crippen LogP contribution in [-0.4, -0.2) is 60.3 Å². The third-order valence-corrected chi connectivity index (χ3v) is 4.48. The van der Waals surface area contributed by atoms with Gasteiger partial charge in [0.1, 0.15) is 0 Å². The summed E-state index contributed by atoms with van der Waals surface area (Å²) in [7, 11) is 2.19. The average Bonchev–Trinajstić information content (AvgIpc) is 2.49. The molecule has 21 heavy (non-hydrogen) atoms. The van der Waals surface area contributed by atoms with E-state index in [0.29, 0.717) is 12.6 Å². The molecule has 1 aromatic carbocycles. The summed E-state index contributed by atoms with van der Waals surface area (Å²) in [6, 6.07) is 11.2. The molecule has 1 saturated heterocycles. The van der Waals surface area contributed by atoms with Crippen LogP contribution in [0.2, 0.25) is 0 Å². The van der Waals surface area contributed by atoms with E-state index in [4.69, 9.17) is 5.73 Å². The van der Waals surface area contributed by atoms with Crippen molar-refractivity contribution in [2.24, 2.45) is 5.73 Å². The highest BCUT2D eigenvalue weighted by atomic mass is 16.3. The maximum atomic E-state index is 10.0. The second-order valence-electron chi connectivity index (χ2n) is 6.53. The molecule has 1 aliphatic rings. The van der Waals surface area contributed by atoms with Gasteiger partial charge in [-0.1, -0.05) is 30.3 Å². The highest BCUT2D eigenvalue weighted by Crippen LogP contribution is 2.25. The van der Waals surface area contributed by atoms with Crippen molar-refractivity contribution in [3.05, 3.63) is 35.9 Å². The van der Waals surface area contributed by atoms with Crippen molar-refractivity contribution >= 4 is 0 Å². The molecule has 4 heteroatoms. The molecule has 1 aromatic rings. The van der Waals surface area contributed by atoms with Gasteiger partial charge in [0.25, 0.3) is 0 Å². The monoisotopic (exact) mass is 291 g/mol. The van der Waals surface area contributed by atoms with E-state index in [2.05, 4.69) is 47.2 Å². The van der Waals surface area contributed by atoms with Gasteiger partial charge in [0.05, 0.1) is 5.60 Å². The predicted molar refractivity (Wildman–Crippen MR) is 87.2 cm³/mol. The third-order valence-electron chi connectivity index (χ3n) is 4.48. The van der Waals surface area contributed by atoms with Crippen LogP contribution >= 0.6 is 0 Å². The molecule has 0 amide bonds. The first-order chi connectivity index (χ1) is 10.0. The molecule has 0 saturated carbocycles. The highest BCUT2D eigenvalue weighted by molar-refractivity contribution is 5.20. The van der Waals surface area contributed by atoms with Gasteiger partial charge in [-0.15, -0.1) is 0 Å². The van der Waals surface area contributed by atoms with E-state index in [0.717, 1.165) is 39.0 Å². The smallest absolute Gasteiger partial charge is 0.0741 e. The number of rotatable bonds is 6. The SMILES string of the molecule is CN1CCN(CCCC(C)(O)CN)C(c2ccccc2)C1. The van der Waals surface area contributed by atoms with Gasteiger partial charge >= 0.3 is 0 Å². The summed E-state index contributed by atoms with van der Waals surface area (Å²) in [4.78, 5) is 4.94. The Morgan fingerprint density at radius 3 is 2.67 bits per heavy atom. The van der Waals surface area contributed by atoms with Crippen molar-refractivity contribution in [2.45, 2.75) is 31.4 Å². The lowest BCUT2D eigenvalue weighted by atomic mass is 9.98. The maximum absolute atomic E-state index is 10.0. The van der Waals surface area contributed by atoms with Crippen LogP contribution in [0.3, 0.4) is 0 Å². The number of hydrogen-bond donors (Lipinski definition) is 2. The average molecular weight is 291 g/mol. The van der Waals surface area contributed by atoms with Crippen molar-refractivity contribution < 1.29 is 5.11 Å². The number of benzene rings is 1. The molecule has 118 valence electrons. The van der Waals surface area contributed by atoms with Crippen LogP contribution in [0.25, 0.3) is 0 Å². The Hall–Kier alpha value is -0.940. The largest absolute Gasteiger partial charge is 0.389 e. The lowest BCUT2D eigenvalue weighted by molar-refractivity contribution is 0.0440. The zero-order chi connectivity index (χ0) is 15.3. The molecule has 2 unspecified atom stereocenters. The van der Waals surface area contributed by atoms with Gasteiger partial charge in [0, 0.05) is 32.2 Å². The van der Waals surface area contributed by atoms with Crippen LogP contribution in [0, 0.1) is 0 Å². The third kappa shape index (κ3) is 4.78. The standard InChI is InChI=1S/C17H29N3O/c1-17(21,14-18)9-6-10-20-12-11-19(2)13-16(20)15-7-4-3-5-8-15/h3-5,7-8,16,21H,6,9-14,18H2,1-2H3. The van der Waals surface area contributed by atoms with Crippen molar-refractivity contribution in [1.82, 2.24) is 9.80 Å². The normalized spacial score (nSPS) is 23.9. The molecule has 1 fully saturated rings. The van der Waals surface area contributed by atoms with Gasteiger partial charge in [0.15, 0.2) is 0 Å². The second-order valence-corrected chi connectivity index (χ2v) is 6.53. The van der Waals surface area contributed by atoms with Crippen LogP contribution in [0.1, 0.15) is 31.4 Å². The maximum Gasteiger partial charge on any atom is 0.0741 e. The van der Waals surface area contributed by atoms with E-state index in [9.17, 15) is 5.11 Å². The summed E-state index contributed by atoms with van der Waals surface area (Å²) in [5.74, 6) is 0.